The lowest BCUT2D eigenvalue weighted by atomic mass is 10.1. The number of guanidine groups is 1. The molecular formula is C16H27IN4O2. The molecule has 0 fully saturated rings. The van der Waals surface area contributed by atoms with E-state index in [1.54, 1.807) is 0 Å². The van der Waals surface area contributed by atoms with Gasteiger partial charge in [-0.05, 0) is 37.5 Å². The number of halogens is 1. The minimum absolute atomic E-state index is 0. The van der Waals surface area contributed by atoms with Gasteiger partial charge in [-0.1, -0.05) is 19.1 Å². The lowest BCUT2D eigenvalue weighted by Gasteiger charge is -2.07. The van der Waals surface area contributed by atoms with Crippen LogP contribution in [0.3, 0.4) is 0 Å². The number of aryl methyl sites for hydroxylation is 1. The Hall–Kier alpha value is -1.35. The van der Waals surface area contributed by atoms with Gasteiger partial charge in [-0.25, -0.2) is 4.99 Å². The van der Waals surface area contributed by atoms with Gasteiger partial charge in [0.1, 0.15) is 6.54 Å². The first-order chi connectivity index (χ1) is 10.7. The predicted molar refractivity (Wildman–Crippen MR) is 105 cm³/mol. The summed E-state index contributed by atoms with van der Waals surface area (Å²) in [5.41, 5.74) is 7.65. The fourth-order valence-electron chi connectivity index (χ4n) is 1.82. The quantitative estimate of drug-likeness (QED) is 0.241. The monoisotopic (exact) mass is 434 g/mol. The number of nitrogens with zero attached hydrogens (tertiary/aromatic N) is 1. The molecule has 23 heavy (non-hydrogen) atoms. The Morgan fingerprint density at radius 3 is 2.83 bits per heavy atom. The Bertz CT molecular complexity index is 495. The van der Waals surface area contributed by atoms with Crippen molar-refractivity contribution in [2.75, 3.05) is 31.6 Å². The molecule has 7 heteroatoms. The molecule has 0 aliphatic carbocycles. The van der Waals surface area contributed by atoms with Crippen molar-refractivity contribution < 1.29 is 9.53 Å². The molecule has 0 radical (unpaired) electrons. The highest BCUT2D eigenvalue weighted by Gasteiger charge is 2.02. The number of rotatable bonds is 9. The van der Waals surface area contributed by atoms with Crippen molar-refractivity contribution >= 4 is 41.5 Å². The number of ether oxygens (including phenoxy) is 1. The highest BCUT2D eigenvalue weighted by atomic mass is 127. The summed E-state index contributed by atoms with van der Waals surface area (Å²) in [6.07, 6.45) is 1.78. The van der Waals surface area contributed by atoms with Crippen LogP contribution in [0.4, 0.5) is 5.69 Å². The molecule has 0 spiro atoms. The molecule has 6 nitrogen and oxygen atoms in total. The zero-order valence-corrected chi connectivity index (χ0v) is 16.1. The van der Waals surface area contributed by atoms with E-state index in [0.717, 1.165) is 18.5 Å². The SMILES string of the molecule is CCOCCCNC(N)=NCC(=O)Nc1cccc(CC)c1.I. The number of benzene rings is 1. The smallest absolute Gasteiger partial charge is 0.246 e. The molecule has 0 saturated carbocycles. The zero-order chi connectivity index (χ0) is 16.2. The molecule has 0 aromatic heterocycles. The first kappa shape index (κ1) is 21.6. The van der Waals surface area contributed by atoms with Crippen LogP contribution in [0.15, 0.2) is 29.3 Å². The van der Waals surface area contributed by atoms with Crippen LogP contribution in [-0.4, -0.2) is 38.2 Å². The lowest BCUT2D eigenvalue weighted by molar-refractivity contribution is -0.114. The average molecular weight is 434 g/mol. The molecule has 1 rings (SSSR count). The van der Waals surface area contributed by atoms with Crippen molar-refractivity contribution in [3.63, 3.8) is 0 Å². The van der Waals surface area contributed by atoms with Crippen molar-refractivity contribution in [1.29, 1.82) is 0 Å². The number of nitrogens with one attached hydrogen (secondary N) is 2. The summed E-state index contributed by atoms with van der Waals surface area (Å²) < 4.78 is 5.21. The van der Waals surface area contributed by atoms with Gasteiger partial charge < -0.3 is 21.1 Å². The van der Waals surface area contributed by atoms with Crippen molar-refractivity contribution in [1.82, 2.24) is 5.32 Å². The van der Waals surface area contributed by atoms with Gasteiger partial charge in [0, 0.05) is 25.4 Å². The largest absolute Gasteiger partial charge is 0.382 e. The van der Waals surface area contributed by atoms with Crippen LogP contribution in [0, 0.1) is 0 Å². The molecular weight excluding hydrogens is 407 g/mol. The minimum atomic E-state index is -0.188. The molecule has 0 unspecified atom stereocenters. The normalized spacial score (nSPS) is 10.8. The van der Waals surface area contributed by atoms with Gasteiger partial charge in [-0.15, -0.1) is 24.0 Å². The zero-order valence-electron chi connectivity index (χ0n) is 13.8. The minimum Gasteiger partial charge on any atom is -0.382 e. The molecule has 1 aromatic rings. The van der Waals surface area contributed by atoms with Crippen LogP contribution in [0.1, 0.15) is 25.8 Å². The maximum atomic E-state index is 11.8. The summed E-state index contributed by atoms with van der Waals surface area (Å²) in [5.74, 6) is 0.0845. The number of carbonyl (C=O) groups excluding carboxylic acids is 1. The lowest BCUT2D eigenvalue weighted by Crippen LogP contribution is -2.34. The van der Waals surface area contributed by atoms with E-state index in [0.29, 0.717) is 19.8 Å². The maximum absolute atomic E-state index is 11.8. The molecule has 0 atom stereocenters. The number of carbonyl (C=O) groups is 1. The van der Waals surface area contributed by atoms with Gasteiger partial charge in [0.05, 0.1) is 0 Å². The molecule has 1 aromatic carbocycles. The van der Waals surface area contributed by atoms with E-state index in [2.05, 4.69) is 22.5 Å². The summed E-state index contributed by atoms with van der Waals surface area (Å²) in [4.78, 5) is 15.8. The van der Waals surface area contributed by atoms with E-state index in [-0.39, 0.29) is 42.4 Å². The van der Waals surface area contributed by atoms with Crippen molar-refractivity contribution in [3.8, 4) is 0 Å². The van der Waals surface area contributed by atoms with Crippen LogP contribution < -0.4 is 16.4 Å². The number of nitrogens with two attached hydrogens (primary N) is 1. The predicted octanol–water partition coefficient (Wildman–Crippen LogP) is 2.14. The van der Waals surface area contributed by atoms with Gasteiger partial charge >= 0.3 is 0 Å². The van der Waals surface area contributed by atoms with Crippen LogP contribution >= 0.6 is 24.0 Å². The topological polar surface area (TPSA) is 88.7 Å². The fourth-order valence-corrected chi connectivity index (χ4v) is 1.82. The van der Waals surface area contributed by atoms with Gasteiger partial charge in [0.15, 0.2) is 5.96 Å². The molecule has 4 N–H and O–H groups in total. The summed E-state index contributed by atoms with van der Waals surface area (Å²) in [6, 6.07) is 7.76. The Labute approximate surface area is 155 Å². The van der Waals surface area contributed by atoms with Gasteiger partial charge in [-0.2, -0.15) is 0 Å². The van der Waals surface area contributed by atoms with Crippen molar-refractivity contribution in [2.24, 2.45) is 10.7 Å². The van der Waals surface area contributed by atoms with Crippen LogP contribution in [0.25, 0.3) is 0 Å². The standard InChI is InChI=1S/C16H26N4O2.HI/c1-3-13-7-5-8-14(11-13)20-15(21)12-19-16(17)18-9-6-10-22-4-2;/h5,7-8,11H,3-4,6,9-10,12H2,1-2H3,(H,20,21)(H3,17,18,19);1H. The fraction of sp³-hybridized carbons (Fsp3) is 0.500. The summed E-state index contributed by atoms with van der Waals surface area (Å²) in [7, 11) is 0. The number of hydrogen-bond acceptors (Lipinski definition) is 3. The molecule has 0 aliphatic heterocycles. The number of amides is 1. The van der Waals surface area contributed by atoms with E-state index in [1.807, 2.05) is 31.2 Å². The third-order valence-electron chi connectivity index (χ3n) is 2.99. The number of hydrogen-bond donors (Lipinski definition) is 3. The highest BCUT2D eigenvalue weighted by Crippen LogP contribution is 2.10. The second kappa shape index (κ2) is 13.1. The van der Waals surface area contributed by atoms with E-state index < -0.39 is 0 Å². The van der Waals surface area contributed by atoms with Gasteiger partial charge in [0.25, 0.3) is 0 Å². The van der Waals surface area contributed by atoms with Crippen LogP contribution in [0.5, 0.6) is 0 Å². The van der Waals surface area contributed by atoms with E-state index in [9.17, 15) is 4.79 Å². The third-order valence-corrected chi connectivity index (χ3v) is 2.99. The van der Waals surface area contributed by atoms with Gasteiger partial charge in [0.2, 0.25) is 5.91 Å². The van der Waals surface area contributed by atoms with Crippen LogP contribution in [0.2, 0.25) is 0 Å². The molecule has 0 heterocycles. The molecule has 0 aliphatic rings. The Morgan fingerprint density at radius 2 is 2.13 bits per heavy atom. The Kier molecular flexibility index (Phi) is 12.4. The second-order valence-electron chi connectivity index (χ2n) is 4.78. The summed E-state index contributed by atoms with van der Waals surface area (Å²) in [5, 5.41) is 5.75. The number of aliphatic imine (C=N–C) groups is 1. The average Bonchev–Trinajstić information content (AvgIpc) is 2.53. The molecule has 0 saturated heterocycles. The second-order valence-corrected chi connectivity index (χ2v) is 4.78. The van der Waals surface area contributed by atoms with Crippen LogP contribution in [-0.2, 0) is 16.0 Å². The summed E-state index contributed by atoms with van der Waals surface area (Å²) >= 11 is 0. The first-order valence-corrected chi connectivity index (χ1v) is 7.66. The highest BCUT2D eigenvalue weighted by molar-refractivity contribution is 14.0. The summed E-state index contributed by atoms with van der Waals surface area (Å²) in [6.45, 7) is 6.10. The van der Waals surface area contributed by atoms with Gasteiger partial charge in [-0.3, -0.25) is 4.79 Å². The molecule has 1 amide bonds. The van der Waals surface area contributed by atoms with Crippen molar-refractivity contribution in [3.05, 3.63) is 29.8 Å². The Balaban J connectivity index is 0.00000484. The molecule has 130 valence electrons. The Morgan fingerprint density at radius 1 is 1.35 bits per heavy atom. The third kappa shape index (κ3) is 10.1. The van der Waals surface area contributed by atoms with Crippen molar-refractivity contribution in [2.45, 2.75) is 26.7 Å². The van der Waals surface area contributed by atoms with E-state index >= 15 is 0 Å². The maximum Gasteiger partial charge on any atom is 0.246 e. The van der Waals surface area contributed by atoms with E-state index in [4.69, 9.17) is 10.5 Å². The number of anilines is 1. The molecule has 0 bridgehead atoms. The van der Waals surface area contributed by atoms with E-state index in [1.165, 1.54) is 5.56 Å². The first-order valence-electron chi connectivity index (χ1n) is 7.66.